The molecule has 36 heavy (non-hydrogen) atoms. The first-order valence-electron chi connectivity index (χ1n) is 11.5. The Morgan fingerprint density at radius 3 is 2.39 bits per heavy atom. The Morgan fingerprint density at radius 1 is 1.03 bits per heavy atom. The van der Waals surface area contributed by atoms with Gasteiger partial charge in [0.15, 0.2) is 9.84 Å². The number of hydrogen-bond acceptors (Lipinski definition) is 6. The molecule has 0 saturated heterocycles. The third kappa shape index (κ3) is 8.77. The SMILES string of the molecule is CCc1cccc(CNC[C@@H](O)[C@H](Cc2cc(F)cc(F)c2)NC(=O)c2ccc(CS(C)(=O)=O)s2)c1. The van der Waals surface area contributed by atoms with E-state index < -0.39 is 39.5 Å². The molecule has 1 heterocycles. The number of carbonyl (C=O) groups excluding carboxylic acids is 1. The number of sulfone groups is 1. The molecule has 0 aliphatic rings. The van der Waals surface area contributed by atoms with E-state index in [-0.39, 0.29) is 29.2 Å². The smallest absolute Gasteiger partial charge is 0.261 e. The van der Waals surface area contributed by atoms with Crippen molar-refractivity contribution in [3.63, 3.8) is 0 Å². The van der Waals surface area contributed by atoms with Crippen LogP contribution in [0.15, 0.2) is 54.6 Å². The second-order valence-electron chi connectivity index (χ2n) is 8.77. The van der Waals surface area contributed by atoms with Crippen LogP contribution in [0.5, 0.6) is 0 Å². The van der Waals surface area contributed by atoms with Gasteiger partial charge in [0.2, 0.25) is 0 Å². The van der Waals surface area contributed by atoms with E-state index in [4.69, 9.17) is 0 Å². The number of carbonyl (C=O) groups is 1. The van der Waals surface area contributed by atoms with Crippen molar-refractivity contribution < 1.29 is 27.1 Å². The summed E-state index contributed by atoms with van der Waals surface area (Å²) in [5.41, 5.74) is 2.53. The summed E-state index contributed by atoms with van der Waals surface area (Å²) in [6.07, 6.45) is 0.951. The van der Waals surface area contributed by atoms with E-state index >= 15 is 0 Å². The van der Waals surface area contributed by atoms with E-state index in [1.807, 2.05) is 18.2 Å². The van der Waals surface area contributed by atoms with Crippen molar-refractivity contribution in [1.82, 2.24) is 10.6 Å². The molecule has 0 spiro atoms. The summed E-state index contributed by atoms with van der Waals surface area (Å²) in [5.74, 6) is -2.18. The van der Waals surface area contributed by atoms with Crippen LogP contribution < -0.4 is 10.6 Å². The van der Waals surface area contributed by atoms with Gasteiger partial charge in [-0.05, 0) is 53.8 Å². The highest BCUT2D eigenvalue weighted by atomic mass is 32.2. The minimum atomic E-state index is -3.25. The quantitative estimate of drug-likeness (QED) is 0.329. The minimum Gasteiger partial charge on any atom is -0.390 e. The Labute approximate surface area is 214 Å². The number of hydrogen-bond donors (Lipinski definition) is 3. The van der Waals surface area contributed by atoms with Crippen LogP contribution in [0.3, 0.4) is 0 Å². The molecule has 3 rings (SSSR count). The summed E-state index contributed by atoms with van der Waals surface area (Å²) in [6, 6.07) is 13.4. The average molecular weight is 537 g/mol. The van der Waals surface area contributed by atoms with Gasteiger partial charge in [0.25, 0.3) is 5.91 Å². The van der Waals surface area contributed by atoms with E-state index in [2.05, 4.69) is 23.6 Å². The van der Waals surface area contributed by atoms with Crippen LogP contribution in [0.2, 0.25) is 0 Å². The highest BCUT2D eigenvalue weighted by Crippen LogP contribution is 2.20. The molecule has 0 bridgehead atoms. The Morgan fingerprint density at radius 2 is 1.72 bits per heavy atom. The van der Waals surface area contributed by atoms with E-state index in [1.54, 1.807) is 6.07 Å². The van der Waals surface area contributed by atoms with Crippen LogP contribution >= 0.6 is 11.3 Å². The van der Waals surface area contributed by atoms with Crippen molar-refractivity contribution >= 4 is 27.1 Å². The molecule has 3 N–H and O–H groups in total. The minimum absolute atomic E-state index is 0.00381. The molecule has 0 fully saturated rings. The number of nitrogens with one attached hydrogen (secondary N) is 2. The lowest BCUT2D eigenvalue weighted by molar-refractivity contribution is 0.0833. The van der Waals surface area contributed by atoms with Gasteiger partial charge in [-0.3, -0.25) is 4.79 Å². The number of rotatable bonds is 12. The monoisotopic (exact) mass is 536 g/mol. The molecule has 0 saturated carbocycles. The normalized spacial score (nSPS) is 13.4. The largest absolute Gasteiger partial charge is 0.390 e. The number of halogens is 2. The van der Waals surface area contributed by atoms with Crippen LogP contribution in [0.4, 0.5) is 8.78 Å². The first kappa shape index (κ1) is 27.9. The number of benzene rings is 2. The first-order valence-corrected chi connectivity index (χ1v) is 14.4. The predicted molar refractivity (Wildman–Crippen MR) is 138 cm³/mol. The van der Waals surface area contributed by atoms with Gasteiger partial charge in [0, 0.05) is 30.3 Å². The van der Waals surface area contributed by atoms with Gasteiger partial charge in [-0.25, -0.2) is 17.2 Å². The molecule has 2 atom stereocenters. The Balaban J connectivity index is 1.71. The zero-order chi connectivity index (χ0) is 26.3. The van der Waals surface area contributed by atoms with E-state index in [0.717, 1.165) is 47.8 Å². The summed E-state index contributed by atoms with van der Waals surface area (Å²) in [5, 5.41) is 16.8. The Kier molecular flexibility index (Phi) is 9.72. The van der Waals surface area contributed by atoms with Gasteiger partial charge in [0.05, 0.1) is 22.8 Å². The van der Waals surface area contributed by atoms with Crippen LogP contribution in [0, 0.1) is 11.6 Å². The number of thiophene rings is 1. The van der Waals surface area contributed by atoms with Gasteiger partial charge in [0.1, 0.15) is 11.6 Å². The molecule has 2 aromatic carbocycles. The zero-order valence-electron chi connectivity index (χ0n) is 20.1. The van der Waals surface area contributed by atoms with Crippen molar-refractivity contribution in [3.8, 4) is 0 Å². The summed E-state index contributed by atoms with van der Waals surface area (Å²) in [4.78, 5) is 13.7. The Bertz CT molecular complexity index is 1270. The van der Waals surface area contributed by atoms with Crippen LogP contribution in [0.1, 0.15) is 38.2 Å². The molecule has 3 aromatic rings. The molecule has 10 heteroatoms. The fraction of sp³-hybridized carbons (Fsp3) is 0.346. The Hall–Kier alpha value is -2.66. The molecular formula is C26H30F2N2O4S2. The summed E-state index contributed by atoms with van der Waals surface area (Å²) < 4.78 is 50.6. The van der Waals surface area contributed by atoms with Crippen molar-refractivity contribution in [1.29, 1.82) is 0 Å². The summed E-state index contributed by atoms with van der Waals surface area (Å²) in [7, 11) is -3.25. The van der Waals surface area contributed by atoms with Crippen LogP contribution in [-0.2, 0) is 35.0 Å². The number of aliphatic hydroxyl groups excluding tert-OH is 1. The molecule has 0 unspecified atom stereocenters. The summed E-state index contributed by atoms with van der Waals surface area (Å²) >= 11 is 1.04. The topological polar surface area (TPSA) is 95.5 Å². The molecule has 1 aromatic heterocycles. The number of amides is 1. The highest BCUT2D eigenvalue weighted by Gasteiger charge is 2.24. The molecule has 0 aliphatic carbocycles. The van der Waals surface area contributed by atoms with E-state index in [1.165, 1.54) is 11.6 Å². The fourth-order valence-corrected chi connectivity index (χ4v) is 6.00. The lowest BCUT2D eigenvalue weighted by Gasteiger charge is -2.25. The third-order valence-electron chi connectivity index (χ3n) is 5.53. The van der Waals surface area contributed by atoms with Crippen molar-refractivity contribution in [2.75, 3.05) is 12.8 Å². The van der Waals surface area contributed by atoms with Crippen molar-refractivity contribution in [2.24, 2.45) is 0 Å². The first-order chi connectivity index (χ1) is 17.0. The second kappa shape index (κ2) is 12.5. The highest BCUT2D eigenvalue weighted by molar-refractivity contribution is 7.90. The zero-order valence-corrected chi connectivity index (χ0v) is 21.8. The maximum atomic E-state index is 13.7. The standard InChI is InChI=1S/C26H30F2N2O4S2/c1-3-17-5-4-6-18(9-17)14-29-15-24(31)23(12-19-10-20(27)13-21(28)11-19)30-26(32)25-8-7-22(35-25)16-36(2,33)34/h4-11,13,23-24,29,31H,3,12,14-16H2,1-2H3,(H,30,32)/t23-,24+/m0/s1. The van der Waals surface area contributed by atoms with Gasteiger partial charge < -0.3 is 15.7 Å². The average Bonchev–Trinajstić information content (AvgIpc) is 3.25. The maximum absolute atomic E-state index is 13.7. The molecule has 0 aliphatic heterocycles. The summed E-state index contributed by atoms with van der Waals surface area (Å²) in [6.45, 7) is 2.69. The molecule has 0 radical (unpaired) electrons. The van der Waals surface area contributed by atoms with Gasteiger partial charge in [-0.2, -0.15) is 0 Å². The maximum Gasteiger partial charge on any atom is 0.261 e. The van der Waals surface area contributed by atoms with Gasteiger partial charge in [-0.15, -0.1) is 11.3 Å². The van der Waals surface area contributed by atoms with Crippen LogP contribution in [0.25, 0.3) is 0 Å². The van der Waals surface area contributed by atoms with Gasteiger partial charge in [-0.1, -0.05) is 31.2 Å². The second-order valence-corrected chi connectivity index (χ2v) is 12.1. The van der Waals surface area contributed by atoms with E-state index in [9.17, 15) is 27.1 Å². The molecule has 6 nitrogen and oxygen atoms in total. The predicted octanol–water partition coefficient (Wildman–Crippen LogP) is 3.63. The lowest BCUT2D eigenvalue weighted by atomic mass is 10.0. The number of aryl methyl sites for hydroxylation is 1. The van der Waals surface area contributed by atoms with Gasteiger partial charge >= 0.3 is 0 Å². The number of aliphatic hydroxyl groups is 1. The molecule has 194 valence electrons. The molecule has 1 amide bonds. The van der Waals surface area contributed by atoms with Crippen molar-refractivity contribution in [3.05, 3.63) is 92.7 Å². The third-order valence-corrected chi connectivity index (χ3v) is 7.63. The lowest BCUT2D eigenvalue weighted by Crippen LogP contribution is -2.48. The van der Waals surface area contributed by atoms with Crippen molar-refractivity contribution in [2.45, 2.75) is 44.2 Å². The van der Waals surface area contributed by atoms with E-state index in [0.29, 0.717) is 11.4 Å². The molecular weight excluding hydrogens is 506 g/mol. The fourth-order valence-electron chi connectivity index (χ4n) is 3.81. The van der Waals surface area contributed by atoms with Crippen LogP contribution in [-0.4, -0.2) is 44.4 Å².